The highest BCUT2D eigenvalue weighted by Crippen LogP contribution is 1.90. The maximum Gasteiger partial charge on any atom is 0.303 e. The van der Waals surface area contributed by atoms with Gasteiger partial charge in [0, 0.05) is 24.9 Å². The molecule has 0 spiro atoms. The molecule has 0 aliphatic carbocycles. The number of alkyl halides is 1. The second-order valence-corrected chi connectivity index (χ2v) is 6.75. The Morgan fingerprint density at radius 2 is 1.03 bits per heavy atom. The van der Waals surface area contributed by atoms with E-state index in [1.165, 1.54) is 0 Å². The van der Waals surface area contributed by atoms with E-state index in [2.05, 4.69) is 21.2 Å². The van der Waals surface area contributed by atoms with Crippen molar-refractivity contribution in [2.75, 3.05) is 91.2 Å². The molecular weight excluding hydrogens is 466 g/mol. The number of carboxylic acids is 1. The summed E-state index contributed by atoms with van der Waals surface area (Å²) in [5.74, 6) is -1.23. The fourth-order valence-electron chi connectivity index (χ4n) is 1.97. The molecule has 178 valence electrons. The number of ether oxygens (including phenoxy) is 6. The van der Waals surface area contributed by atoms with Crippen LogP contribution in [0, 0.1) is 0 Å². The van der Waals surface area contributed by atoms with E-state index in [0.717, 1.165) is 5.33 Å². The molecule has 0 fully saturated rings. The van der Waals surface area contributed by atoms with Crippen molar-refractivity contribution in [3.8, 4) is 0 Å². The molecular formula is C19H36BrNO9. The quantitative estimate of drug-likeness (QED) is 0.146. The lowest BCUT2D eigenvalue weighted by Gasteiger charge is -2.08. The summed E-state index contributed by atoms with van der Waals surface area (Å²) >= 11 is 3.28. The molecule has 0 saturated heterocycles. The lowest BCUT2D eigenvalue weighted by molar-refractivity contribution is -0.138. The van der Waals surface area contributed by atoms with Gasteiger partial charge in [-0.3, -0.25) is 9.59 Å². The minimum atomic E-state index is -0.976. The molecule has 0 aromatic rings. The third kappa shape index (κ3) is 25.2. The second kappa shape index (κ2) is 24.4. The van der Waals surface area contributed by atoms with E-state index in [1.807, 2.05) is 0 Å². The van der Waals surface area contributed by atoms with Crippen LogP contribution in [0.5, 0.6) is 0 Å². The number of carbonyl (C=O) groups is 2. The van der Waals surface area contributed by atoms with Crippen molar-refractivity contribution in [1.82, 2.24) is 5.32 Å². The summed E-state index contributed by atoms with van der Waals surface area (Å²) in [7, 11) is 0. The minimum Gasteiger partial charge on any atom is -0.481 e. The van der Waals surface area contributed by atoms with E-state index >= 15 is 0 Å². The number of carbonyl (C=O) groups excluding carboxylic acids is 1. The van der Waals surface area contributed by atoms with Gasteiger partial charge in [0.05, 0.1) is 79.1 Å². The van der Waals surface area contributed by atoms with Gasteiger partial charge in [0.25, 0.3) is 0 Å². The van der Waals surface area contributed by atoms with E-state index in [4.69, 9.17) is 33.5 Å². The zero-order valence-electron chi connectivity index (χ0n) is 17.6. The molecule has 0 atom stereocenters. The predicted octanol–water partition coefficient (Wildman–Crippen LogP) is 0.852. The number of aliphatic carboxylic acids is 1. The Balaban J connectivity index is 3.08. The SMILES string of the molecule is O=C(O)CCC(=O)NCCCOCCOCCOCCOCCOCCOCCBr. The van der Waals surface area contributed by atoms with Gasteiger partial charge in [0.15, 0.2) is 0 Å². The van der Waals surface area contributed by atoms with Crippen LogP contribution < -0.4 is 5.32 Å². The van der Waals surface area contributed by atoms with Gasteiger partial charge in [0.1, 0.15) is 0 Å². The van der Waals surface area contributed by atoms with Gasteiger partial charge >= 0.3 is 5.97 Å². The van der Waals surface area contributed by atoms with Gasteiger partial charge in [-0.1, -0.05) is 15.9 Å². The van der Waals surface area contributed by atoms with Crippen LogP contribution in [-0.4, -0.2) is 108 Å². The maximum absolute atomic E-state index is 11.3. The van der Waals surface area contributed by atoms with E-state index in [1.54, 1.807) is 0 Å². The fourth-order valence-corrected chi connectivity index (χ4v) is 2.20. The lowest BCUT2D eigenvalue weighted by atomic mass is 10.3. The predicted molar refractivity (Wildman–Crippen MR) is 113 cm³/mol. The molecule has 0 aromatic carbocycles. The minimum absolute atomic E-state index is 0.000457. The van der Waals surface area contributed by atoms with Gasteiger partial charge in [-0.2, -0.15) is 0 Å². The van der Waals surface area contributed by atoms with E-state index < -0.39 is 5.97 Å². The van der Waals surface area contributed by atoms with Gasteiger partial charge in [0.2, 0.25) is 5.91 Å². The molecule has 0 unspecified atom stereocenters. The zero-order valence-corrected chi connectivity index (χ0v) is 19.2. The molecule has 0 bridgehead atoms. The van der Waals surface area contributed by atoms with E-state index in [0.29, 0.717) is 92.2 Å². The van der Waals surface area contributed by atoms with Gasteiger partial charge < -0.3 is 38.8 Å². The number of amides is 1. The smallest absolute Gasteiger partial charge is 0.303 e. The Kier molecular flexibility index (Phi) is 23.8. The van der Waals surface area contributed by atoms with Crippen molar-refractivity contribution in [3.63, 3.8) is 0 Å². The molecule has 1 amide bonds. The van der Waals surface area contributed by atoms with Crippen molar-refractivity contribution >= 4 is 27.8 Å². The van der Waals surface area contributed by atoms with Crippen molar-refractivity contribution in [1.29, 1.82) is 0 Å². The zero-order chi connectivity index (χ0) is 22.1. The highest BCUT2D eigenvalue weighted by Gasteiger charge is 2.04. The third-order valence-electron chi connectivity index (χ3n) is 3.44. The number of carboxylic acid groups (broad SMARTS) is 1. The first-order chi connectivity index (χ1) is 14.7. The Morgan fingerprint density at radius 3 is 1.43 bits per heavy atom. The average Bonchev–Trinajstić information content (AvgIpc) is 2.73. The molecule has 0 aliphatic rings. The molecule has 2 N–H and O–H groups in total. The Hall–Kier alpha value is -0.820. The van der Waals surface area contributed by atoms with Crippen LogP contribution in [0.1, 0.15) is 19.3 Å². The average molecular weight is 502 g/mol. The van der Waals surface area contributed by atoms with Gasteiger partial charge in [-0.15, -0.1) is 0 Å². The normalized spacial score (nSPS) is 11.0. The number of hydrogen-bond donors (Lipinski definition) is 2. The summed E-state index contributed by atoms with van der Waals surface area (Å²) < 4.78 is 32.1. The monoisotopic (exact) mass is 501 g/mol. The molecule has 30 heavy (non-hydrogen) atoms. The highest BCUT2D eigenvalue weighted by molar-refractivity contribution is 9.09. The van der Waals surface area contributed by atoms with Crippen LogP contribution in [0.4, 0.5) is 0 Å². The largest absolute Gasteiger partial charge is 0.481 e. The first-order valence-electron chi connectivity index (χ1n) is 10.2. The van der Waals surface area contributed by atoms with Crippen LogP contribution >= 0.6 is 15.9 Å². The standard InChI is InChI=1S/C19H36BrNO9/c20-4-7-26-9-11-28-13-15-30-17-16-29-14-12-27-10-8-25-6-1-5-21-18(22)2-3-19(23)24/h1-17H2,(H,21,22)(H,23,24). The van der Waals surface area contributed by atoms with Gasteiger partial charge in [-0.25, -0.2) is 0 Å². The fraction of sp³-hybridized carbons (Fsp3) is 0.895. The van der Waals surface area contributed by atoms with Crippen LogP contribution in [0.25, 0.3) is 0 Å². The molecule has 0 rings (SSSR count). The molecule has 0 aromatic heterocycles. The third-order valence-corrected chi connectivity index (χ3v) is 3.76. The summed E-state index contributed by atoms with van der Waals surface area (Å²) in [6, 6.07) is 0. The number of rotatable bonds is 24. The van der Waals surface area contributed by atoms with Crippen LogP contribution in [0.15, 0.2) is 0 Å². The Morgan fingerprint density at radius 1 is 0.633 bits per heavy atom. The van der Waals surface area contributed by atoms with E-state index in [-0.39, 0.29) is 18.7 Å². The lowest BCUT2D eigenvalue weighted by Crippen LogP contribution is -2.25. The molecule has 0 heterocycles. The molecule has 0 radical (unpaired) electrons. The van der Waals surface area contributed by atoms with Crippen LogP contribution in [0.3, 0.4) is 0 Å². The maximum atomic E-state index is 11.3. The van der Waals surface area contributed by atoms with Gasteiger partial charge in [-0.05, 0) is 6.42 Å². The van der Waals surface area contributed by atoms with Crippen molar-refractivity contribution < 1.29 is 43.1 Å². The first-order valence-corrected chi connectivity index (χ1v) is 11.3. The Bertz CT molecular complexity index is 402. The van der Waals surface area contributed by atoms with Crippen molar-refractivity contribution in [2.24, 2.45) is 0 Å². The molecule has 10 nitrogen and oxygen atoms in total. The summed E-state index contributed by atoms with van der Waals surface area (Å²) in [6.07, 6.45) is 0.512. The first kappa shape index (κ1) is 29.2. The number of hydrogen-bond acceptors (Lipinski definition) is 8. The van der Waals surface area contributed by atoms with E-state index in [9.17, 15) is 9.59 Å². The van der Waals surface area contributed by atoms with Crippen molar-refractivity contribution in [3.05, 3.63) is 0 Å². The summed E-state index contributed by atoms with van der Waals surface area (Å²) in [5, 5.41) is 11.9. The van der Waals surface area contributed by atoms with Crippen LogP contribution in [-0.2, 0) is 38.0 Å². The number of nitrogens with one attached hydrogen (secondary N) is 1. The molecule has 0 aliphatic heterocycles. The topological polar surface area (TPSA) is 122 Å². The highest BCUT2D eigenvalue weighted by atomic mass is 79.9. The Labute approximate surface area is 187 Å². The summed E-state index contributed by atoms with van der Waals surface area (Å²) in [5.41, 5.74) is 0. The molecule has 11 heteroatoms. The number of halogens is 1. The molecule has 0 saturated carbocycles. The summed E-state index contributed by atoms with van der Waals surface area (Å²) in [6.45, 7) is 6.83. The summed E-state index contributed by atoms with van der Waals surface area (Å²) in [4.78, 5) is 21.6. The van der Waals surface area contributed by atoms with Crippen molar-refractivity contribution in [2.45, 2.75) is 19.3 Å². The second-order valence-electron chi connectivity index (χ2n) is 5.96. The van der Waals surface area contributed by atoms with Crippen LogP contribution in [0.2, 0.25) is 0 Å².